The lowest BCUT2D eigenvalue weighted by Gasteiger charge is -2.25. The van der Waals surface area contributed by atoms with Crippen molar-refractivity contribution in [2.45, 2.75) is 32.0 Å². The van der Waals surface area contributed by atoms with Crippen LogP contribution in [0.3, 0.4) is 0 Å². The molecule has 0 amide bonds. The van der Waals surface area contributed by atoms with Gasteiger partial charge in [0.1, 0.15) is 0 Å². The van der Waals surface area contributed by atoms with Crippen molar-refractivity contribution in [2.75, 3.05) is 6.54 Å². The van der Waals surface area contributed by atoms with E-state index in [0.29, 0.717) is 6.54 Å². The molecule has 1 N–H and O–H groups in total. The number of hydrogen-bond acceptors (Lipinski definition) is 2. The predicted octanol–water partition coefficient (Wildman–Crippen LogP) is 4.68. The van der Waals surface area contributed by atoms with Crippen LogP contribution in [0.25, 0.3) is 0 Å². The molecule has 0 aliphatic carbocycles. The number of benzene rings is 3. The third kappa shape index (κ3) is 6.14. The van der Waals surface area contributed by atoms with Crippen molar-refractivity contribution in [1.82, 2.24) is 4.90 Å². The Morgan fingerprint density at radius 1 is 0.615 bits per heavy atom. The van der Waals surface area contributed by atoms with Crippen LogP contribution in [0, 0.1) is 0 Å². The molecule has 0 aliphatic heterocycles. The zero-order valence-corrected chi connectivity index (χ0v) is 15.2. The third-order valence-electron chi connectivity index (χ3n) is 4.58. The molecule has 0 aliphatic rings. The Bertz CT molecular complexity index is 701. The van der Waals surface area contributed by atoms with Gasteiger partial charge in [0.15, 0.2) is 0 Å². The predicted molar refractivity (Wildman–Crippen MR) is 108 cm³/mol. The average Bonchev–Trinajstić information content (AvgIpc) is 2.69. The van der Waals surface area contributed by atoms with Gasteiger partial charge in [-0.25, -0.2) is 0 Å². The van der Waals surface area contributed by atoms with Gasteiger partial charge in [0.2, 0.25) is 0 Å². The van der Waals surface area contributed by atoms with Crippen molar-refractivity contribution in [3.63, 3.8) is 0 Å². The molecule has 0 bridgehead atoms. The molecule has 2 heteroatoms. The minimum absolute atomic E-state index is 0.331. The van der Waals surface area contributed by atoms with Gasteiger partial charge < -0.3 is 5.11 Å². The van der Waals surface area contributed by atoms with E-state index in [1.165, 1.54) is 16.7 Å². The van der Waals surface area contributed by atoms with Gasteiger partial charge in [0.25, 0.3) is 0 Å². The Labute approximate surface area is 156 Å². The molecule has 0 aromatic heterocycles. The van der Waals surface area contributed by atoms with Crippen molar-refractivity contribution < 1.29 is 5.11 Å². The summed E-state index contributed by atoms with van der Waals surface area (Å²) < 4.78 is 0. The van der Waals surface area contributed by atoms with Crippen LogP contribution in [0.1, 0.15) is 23.1 Å². The quantitative estimate of drug-likeness (QED) is 0.608. The van der Waals surface area contributed by atoms with Gasteiger partial charge in [-0.3, -0.25) is 4.90 Å². The van der Waals surface area contributed by atoms with Gasteiger partial charge in [-0.05, 0) is 29.5 Å². The summed E-state index contributed by atoms with van der Waals surface area (Å²) in [6.07, 6.45) is 1.36. The van der Waals surface area contributed by atoms with Crippen LogP contribution in [0.5, 0.6) is 0 Å². The van der Waals surface area contributed by atoms with Crippen LogP contribution in [-0.2, 0) is 19.5 Å². The van der Waals surface area contributed by atoms with Crippen molar-refractivity contribution in [1.29, 1.82) is 0 Å². The maximum atomic E-state index is 10.6. The van der Waals surface area contributed by atoms with Crippen molar-refractivity contribution in [3.8, 4) is 0 Å². The molecular formula is C24H27NO. The fourth-order valence-electron chi connectivity index (χ4n) is 3.24. The summed E-state index contributed by atoms with van der Waals surface area (Å²) in [6.45, 7) is 2.37. The smallest absolute Gasteiger partial charge is 0.0670 e. The van der Waals surface area contributed by atoms with Crippen LogP contribution in [0.2, 0.25) is 0 Å². The highest BCUT2D eigenvalue weighted by Crippen LogP contribution is 2.13. The topological polar surface area (TPSA) is 23.5 Å². The molecular weight excluding hydrogens is 318 g/mol. The van der Waals surface area contributed by atoms with Crippen molar-refractivity contribution >= 4 is 0 Å². The van der Waals surface area contributed by atoms with Gasteiger partial charge in [0, 0.05) is 19.6 Å². The van der Waals surface area contributed by atoms with Gasteiger partial charge >= 0.3 is 0 Å². The molecule has 1 atom stereocenters. The Kier molecular flexibility index (Phi) is 7.00. The monoisotopic (exact) mass is 345 g/mol. The minimum atomic E-state index is -0.331. The lowest BCUT2D eigenvalue weighted by Crippen LogP contribution is -2.32. The Morgan fingerprint density at radius 2 is 1.04 bits per heavy atom. The molecule has 3 aromatic carbocycles. The first-order valence-corrected chi connectivity index (χ1v) is 9.32. The van der Waals surface area contributed by atoms with Crippen LogP contribution in [-0.4, -0.2) is 22.7 Å². The average molecular weight is 345 g/mol. The van der Waals surface area contributed by atoms with Crippen molar-refractivity contribution in [2.24, 2.45) is 0 Å². The number of hydrogen-bond donors (Lipinski definition) is 1. The molecule has 3 rings (SSSR count). The highest BCUT2D eigenvalue weighted by Gasteiger charge is 2.13. The lowest BCUT2D eigenvalue weighted by atomic mass is 10.1. The third-order valence-corrected chi connectivity index (χ3v) is 4.58. The van der Waals surface area contributed by atoms with E-state index in [1.54, 1.807) is 0 Å². The molecule has 0 fully saturated rings. The maximum absolute atomic E-state index is 10.6. The molecule has 0 saturated heterocycles. The largest absolute Gasteiger partial charge is 0.392 e. The van der Waals surface area contributed by atoms with E-state index in [1.807, 2.05) is 18.2 Å². The zero-order chi connectivity index (χ0) is 18.0. The lowest BCUT2D eigenvalue weighted by molar-refractivity contribution is 0.0978. The van der Waals surface area contributed by atoms with E-state index in [-0.39, 0.29) is 6.10 Å². The summed E-state index contributed by atoms with van der Waals surface area (Å²) in [6, 6.07) is 31.3. The number of aryl methyl sites for hydroxylation is 1. The molecule has 0 radical (unpaired) electrons. The number of rotatable bonds is 9. The first-order chi connectivity index (χ1) is 12.8. The van der Waals surface area contributed by atoms with E-state index in [9.17, 15) is 5.11 Å². The second kappa shape index (κ2) is 9.91. The van der Waals surface area contributed by atoms with E-state index in [0.717, 1.165) is 25.9 Å². The standard InChI is InChI=1S/C24H27NO/c26-24(17-16-21-10-4-1-5-11-21)20-25(18-22-12-6-2-7-13-22)19-23-14-8-3-9-15-23/h1-15,24,26H,16-20H2/t24-/m0/s1. The zero-order valence-electron chi connectivity index (χ0n) is 15.2. The number of aliphatic hydroxyl groups excluding tert-OH is 1. The molecule has 0 spiro atoms. The van der Waals surface area contributed by atoms with E-state index in [4.69, 9.17) is 0 Å². The second-order valence-electron chi connectivity index (χ2n) is 6.82. The van der Waals surface area contributed by atoms with Crippen molar-refractivity contribution in [3.05, 3.63) is 108 Å². The molecule has 3 aromatic rings. The normalized spacial score (nSPS) is 12.2. The summed E-state index contributed by atoms with van der Waals surface area (Å²) in [5.74, 6) is 0. The van der Waals surface area contributed by atoms with Gasteiger partial charge in [-0.1, -0.05) is 91.0 Å². The Hall–Kier alpha value is -2.42. The Morgan fingerprint density at radius 3 is 1.50 bits per heavy atom. The molecule has 0 unspecified atom stereocenters. The summed E-state index contributed by atoms with van der Waals surface area (Å²) in [4.78, 5) is 2.33. The van der Waals surface area contributed by atoms with Crippen LogP contribution >= 0.6 is 0 Å². The van der Waals surface area contributed by atoms with Crippen LogP contribution in [0.15, 0.2) is 91.0 Å². The van der Waals surface area contributed by atoms with Gasteiger partial charge in [-0.2, -0.15) is 0 Å². The first kappa shape index (κ1) is 18.4. The van der Waals surface area contributed by atoms with E-state index in [2.05, 4.69) is 77.7 Å². The highest BCUT2D eigenvalue weighted by atomic mass is 16.3. The number of aliphatic hydroxyl groups is 1. The summed E-state index contributed by atoms with van der Waals surface area (Å²) in [5, 5.41) is 10.6. The van der Waals surface area contributed by atoms with Gasteiger partial charge in [0.05, 0.1) is 6.10 Å². The fraction of sp³-hybridized carbons (Fsp3) is 0.250. The summed E-state index contributed by atoms with van der Waals surface area (Å²) >= 11 is 0. The van der Waals surface area contributed by atoms with Crippen LogP contribution in [0.4, 0.5) is 0 Å². The Balaban J connectivity index is 1.60. The van der Waals surface area contributed by atoms with E-state index < -0.39 is 0 Å². The maximum Gasteiger partial charge on any atom is 0.0670 e. The SMILES string of the molecule is O[C@@H](CCc1ccccc1)CN(Cc1ccccc1)Cc1ccccc1. The van der Waals surface area contributed by atoms with Crippen LogP contribution < -0.4 is 0 Å². The molecule has 2 nitrogen and oxygen atoms in total. The molecule has 26 heavy (non-hydrogen) atoms. The second-order valence-corrected chi connectivity index (χ2v) is 6.82. The number of nitrogens with zero attached hydrogens (tertiary/aromatic N) is 1. The molecule has 0 heterocycles. The minimum Gasteiger partial charge on any atom is -0.392 e. The molecule has 134 valence electrons. The summed E-state index contributed by atoms with van der Waals surface area (Å²) in [5.41, 5.74) is 3.83. The first-order valence-electron chi connectivity index (χ1n) is 9.32. The van der Waals surface area contributed by atoms with Gasteiger partial charge in [-0.15, -0.1) is 0 Å². The highest BCUT2D eigenvalue weighted by molar-refractivity contribution is 5.17. The van der Waals surface area contributed by atoms with E-state index >= 15 is 0 Å². The molecule has 0 saturated carbocycles. The summed E-state index contributed by atoms with van der Waals surface area (Å²) in [7, 11) is 0. The fourth-order valence-corrected chi connectivity index (χ4v) is 3.24.